The zero-order valence-corrected chi connectivity index (χ0v) is 13.3. The van der Waals surface area contributed by atoms with Gasteiger partial charge in [0.25, 0.3) is 5.91 Å². The predicted molar refractivity (Wildman–Crippen MR) is 85.6 cm³/mol. The van der Waals surface area contributed by atoms with Gasteiger partial charge in [-0.1, -0.05) is 35.1 Å². The van der Waals surface area contributed by atoms with Crippen molar-refractivity contribution >= 4 is 28.8 Å². The Morgan fingerprint density at radius 2 is 1.95 bits per heavy atom. The molecule has 2 heterocycles. The van der Waals surface area contributed by atoms with Gasteiger partial charge in [-0.15, -0.1) is 0 Å². The van der Waals surface area contributed by atoms with Crippen LogP contribution in [0.2, 0.25) is 5.02 Å². The van der Waals surface area contributed by atoms with Crippen molar-refractivity contribution in [1.82, 2.24) is 10.3 Å². The van der Waals surface area contributed by atoms with Gasteiger partial charge >= 0.3 is 4.87 Å². The molecule has 1 aliphatic rings. The molecule has 0 unspecified atom stereocenters. The van der Waals surface area contributed by atoms with E-state index in [9.17, 15) is 9.59 Å². The summed E-state index contributed by atoms with van der Waals surface area (Å²) in [5, 5.41) is 5.26. The van der Waals surface area contributed by atoms with Gasteiger partial charge in [-0.05, 0) is 30.5 Å². The number of aromatic nitrogens is 1. The Morgan fingerprint density at radius 3 is 2.55 bits per heavy atom. The smallest absolute Gasteiger partial charge is 0.305 e. The van der Waals surface area contributed by atoms with Crippen molar-refractivity contribution in [1.29, 1.82) is 0 Å². The molecule has 0 atom stereocenters. The number of thiazole rings is 1. The monoisotopic (exact) mass is 338 g/mol. The van der Waals surface area contributed by atoms with E-state index in [0.29, 0.717) is 31.1 Å². The highest BCUT2D eigenvalue weighted by atomic mass is 35.5. The van der Waals surface area contributed by atoms with E-state index in [1.165, 1.54) is 5.38 Å². The Kier molecular flexibility index (Phi) is 4.33. The van der Waals surface area contributed by atoms with E-state index >= 15 is 0 Å². The molecule has 116 valence electrons. The molecule has 7 heteroatoms. The van der Waals surface area contributed by atoms with E-state index in [-0.39, 0.29) is 16.5 Å². The van der Waals surface area contributed by atoms with Crippen molar-refractivity contribution in [3.63, 3.8) is 0 Å². The van der Waals surface area contributed by atoms with Crippen LogP contribution >= 0.6 is 22.9 Å². The topological polar surface area (TPSA) is 71.2 Å². The van der Waals surface area contributed by atoms with Crippen molar-refractivity contribution in [3.8, 4) is 0 Å². The lowest BCUT2D eigenvalue weighted by molar-refractivity contribution is 0.0344. The lowest BCUT2D eigenvalue weighted by atomic mass is 9.82. The number of carbonyl (C=O) groups is 1. The van der Waals surface area contributed by atoms with Crippen LogP contribution < -0.4 is 10.2 Å². The summed E-state index contributed by atoms with van der Waals surface area (Å²) in [7, 11) is 0. The molecule has 0 aliphatic carbocycles. The molecular weight excluding hydrogens is 324 g/mol. The standard InChI is InChI=1S/C15H15ClN2O3S/c16-11-3-1-10(2-4-11)15(5-7-21-8-6-15)18-13(19)12-9-22-14(20)17-12/h1-4,9H,5-8H2,(H,17,20)(H,18,19). The fourth-order valence-electron chi connectivity index (χ4n) is 2.65. The minimum Gasteiger partial charge on any atom is -0.381 e. The predicted octanol–water partition coefficient (Wildman–Crippen LogP) is 2.53. The van der Waals surface area contributed by atoms with E-state index in [2.05, 4.69) is 10.3 Å². The third-order valence-electron chi connectivity index (χ3n) is 3.86. The van der Waals surface area contributed by atoms with Crippen molar-refractivity contribution in [2.75, 3.05) is 13.2 Å². The van der Waals surface area contributed by atoms with E-state index in [0.717, 1.165) is 16.9 Å². The Hall–Kier alpha value is -1.63. The van der Waals surface area contributed by atoms with Gasteiger partial charge < -0.3 is 15.0 Å². The Balaban J connectivity index is 1.90. The van der Waals surface area contributed by atoms with E-state index < -0.39 is 5.54 Å². The molecule has 1 aromatic carbocycles. The Morgan fingerprint density at radius 1 is 1.27 bits per heavy atom. The first kappa shape index (κ1) is 15.3. The number of aromatic amines is 1. The summed E-state index contributed by atoms with van der Waals surface area (Å²) in [6.45, 7) is 1.14. The lowest BCUT2D eigenvalue weighted by Crippen LogP contribution is -2.49. The molecule has 1 saturated heterocycles. The summed E-state index contributed by atoms with van der Waals surface area (Å²) in [6.07, 6.45) is 1.35. The molecule has 2 N–H and O–H groups in total. The van der Waals surface area contributed by atoms with E-state index in [1.54, 1.807) is 0 Å². The number of hydrogen-bond donors (Lipinski definition) is 2. The maximum absolute atomic E-state index is 12.4. The van der Waals surface area contributed by atoms with Gasteiger partial charge in [-0.3, -0.25) is 9.59 Å². The first-order valence-corrected chi connectivity index (χ1v) is 8.19. The first-order valence-electron chi connectivity index (χ1n) is 6.93. The van der Waals surface area contributed by atoms with Crippen LogP contribution in [0.4, 0.5) is 0 Å². The molecule has 1 fully saturated rings. The van der Waals surface area contributed by atoms with Gasteiger partial charge in [0.15, 0.2) is 0 Å². The zero-order chi connectivity index (χ0) is 15.6. The third-order valence-corrected chi connectivity index (χ3v) is 4.78. The van der Waals surface area contributed by atoms with Crippen molar-refractivity contribution in [2.24, 2.45) is 0 Å². The molecule has 0 saturated carbocycles. The average molecular weight is 339 g/mol. The highest BCUT2D eigenvalue weighted by molar-refractivity contribution is 7.07. The molecular formula is C15H15ClN2O3S. The number of rotatable bonds is 3. The van der Waals surface area contributed by atoms with Gasteiger partial charge in [-0.2, -0.15) is 0 Å². The number of amides is 1. The van der Waals surface area contributed by atoms with Crippen LogP contribution in [0.5, 0.6) is 0 Å². The highest BCUT2D eigenvalue weighted by Gasteiger charge is 2.36. The molecule has 0 bridgehead atoms. The van der Waals surface area contributed by atoms with Crippen molar-refractivity contribution in [3.05, 3.63) is 55.6 Å². The zero-order valence-electron chi connectivity index (χ0n) is 11.7. The molecule has 22 heavy (non-hydrogen) atoms. The summed E-state index contributed by atoms with van der Waals surface area (Å²) in [5.41, 5.74) is 0.777. The van der Waals surface area contributed by atoms with Crippen LogP contribution in [0.1, 0.15) is 28.9 Å². The van der Waals surface area contributed by atoms with Crippen molar-refractivity contribution < 1.29 is 9.53 Å². The Labute approximate surface area is 136 Å². The van der Waals surface area contributed by atoms with Crippen molar-refractivity contribution in [2.45, 2.75) is 18.4 Å². The molecule has 1 aliphatic heterocycles. The second-order valence-electron chi connectivity index (χ2n) is 5.22. The van der Waals surface area contributed by atoms with Gasteiger partial charge in [0.05, 0.1) is 5.54 Å². The number of benzene rings is 1. The summed E-state index contributed by atoms with van der Waals surface area (Å²) < 4.78 is 5.43. The van der Waals surface area contributed by atoms with Gasteiger partial charge in [0.1, 0.15) is 5.69 Å². The van der Waals surface area contributed by atoms with Crippen LogP contribution in [0, 0.1) is 0 Å². The van der Waals surface area contributed by atoms with E-state index in [1.807, 2.05) is 24.3 Å². The number of carbonyl (C=O) groups excluding carboxylic acids is 1. The fraction of sp³-hybridized carbons (Fsp3) is 0.333. The summed E-state index contributed by atoms with van der Waals surface area (Å²) in [5.74, 6) is -0.282. The normalized spacial score (nSPS) is 17.1. The van der Waals surface area contributed by atoms with Crippen LogP contribution in [0.25, 0.3) is 0 Å². The maximum atomic E-state index is 12.4. The molecule has 0 radical (unpaired) electrons. The first-order chi connectivity index (χ1) is 10.6. The number of hydrogen-bond acceptors (Lipinski definition) is 4. The third kappa shape index (κ3) is 3.09. The van der Waals surface area contributed by atoms with Crippen LogP contribution in [0.15, 0.2) is 34.4 Å². The Bertz CT molecular complexity index is 717. The second-order valence-corrected chi connectivity index (χ2v) is 6.50. The number of H-pyrrole nitrogens is 1. The maximum Gasteiger partial charge on any atom is 0.305 e. The van der Waals surface area contributed by atoms with Gasteiger partial charge in [0, 0.05) is 23.6 Å². The van der Waals surface area contributed by atoms with Crippen LogP contribution in [0.3, 0.4) is 0 Å². The summed E-state index contributed by atoms with van der Waals surface area (Å²) in [4.78, 5) is 26.0. The average Bonchev–Trinajstić information content (AvgIpc) is 2.95. The summed E-state index contributed by atoms with van der Waals surface area (Å²) >= 11 is 6.93. The number of nitrogens with one attached hydrogen (secondary N) is 2. The largest absolute Gasteiger partial charge is 0.381 e. The molecule has 2 aromatic rings. The molecule has 3 rings (SSSR count). The minimum absolute atomic E-state index is 0.238. The minimum atomic E-state index is -0.501. The van der Waals surface area contributed by atoms with Gasteiger partial charge in [0.2, 0.25) is 0 Å². The SMILES string of the molecule is O=C(NC1(c2ccc(Cl)cc2)CCOCC1)c1csc(=O)[nH]1. The molecule has 0 spiro atoms. The lowest BCUT2D eigenvalue weighted by Gasteiger charge is -2.38. The highest BCUT2D eigenvalue weighted by Crippen LogP contribution is 2.33. The van der Waals surface area contributed by atoms with Crippen LogP contribution in [-0.4, -0.2) is 24.1 Å². The number of ether oxygens (including phenoxy) is 1. The fourth-order valence-corrected chi connectivity index (χ4v) is 3.34. The van der Waals surface area contributed by atoms with Gasteiger partial charge in [-0.25, -0.2) is 0 Å². The number of halogens is 1. The molecule has 1 amide bonds. The van der Waals surface area contributed by atoms with Crippen LogP contribution in [-0.2, 0) is 10.3 Å². The molecule has 1 aromatic heterocycles. The quantitative estimate of drug-likeness (QED) is 0.903. The second kappa shape index (κ2) is 6.24. The summed E-state index contributed by atoms with van der Waals surface area (Å²) in [6, 6.07) is 7.47. The molecule has 5 nitrogen and oxygen atoms in total. The van der Waals surface area contributed by atoms with E-state index in [4.69, 9.17) is 16.3 Å².